The zero-order valence-corrected chi connectivity index (χ0v) is 12.5. The lowest BCUT2D eigenvalue weighted by Crippen LogP contribution is -2.40. The average Bonchev–Trinajstić information content (AvgIpc) is 2.37. The van der Waals surface area contributed by atoms with Gasteiger partial charge in [0.1, 0.15) is 5.75 Å². The summed E-state index contributed by atoms with van der Waals surface area (Å²) in [5, 5.41) is 8.82. The summed E-state index contributed by atoms with van der Waals surface area (Å²) in [6, 6.07) is 5.25. The van der Waals surface area contributed by atoms with Crippen molar-refractivity contribution in [2.45, 2.75) is 31.2 Å². The molecule has 0 aliphatic heterocycles. The Bertz CT molecular complexity index is 551. The predicted octanol–water partition coefficient (Wildman–Crippen LogP) is 1.47. The van der Waals surface area contributed by atoms with Crippen molar-refractivity contribution in [3.63, 3.8) is 0 Å². The highest BCUT2D eigenvalue weighted by Gasteiger charge is 2.24. The zero-order valence-electron chi connectivity index (χ0n) is 11.7. The fraction of sp³-hybridized carbons (Fsp3) is 0.462. The molecule has 0 saturated heterocycles. The highest BCUT2D eigenvalue weighted by Crippen LogP contribution is 2.17. The number of aliphatic carboxylic acids is 1. The Labute approximate surface area is 118 Å². The first-order valence-electron chi connectivity index (χ1n) is 6.14. The number of nitrogens with one attached hydrogen (secondary N) is 1. The van der Waals surface area contributed by atoms with E-state index in [0.29, 0.717) is 5.75 Å². The molecule has 0 bridgehead atoms. The van der Waals surface area contributed by atoms with Crippen LogP contribution in [-0.2, 0) is 14.8 Å². The Morgan fingerprint density at radius 3 is 2.25 bits per heavy atom. The summed E-state index contributed by atoms with van der Waals surface area (Å²) in [5.74, 6) is -0.616. The number of carbonyl (C=O) groups is 1. The molecule has 1 atom stereocenters. The lowest BCUT2D eigenvalue weighted by Gasteiger charge is -2.20. The first-order chi connectivity index (χ1) is 9.26. The Kier molecular flexibility index (Phi) is 5.52. The Balaban J connectivity index is 2.93. The molecule has 1 aromatic rings. The molecule has 0 amide bonds. The third kappa shape index (κ3) is 4.50. The van der Waals surface area contributed by atoms with Crippen LogP contribution in [0, 0.1) is 5.92 Å². The summed E-state index contributed by atoms with van der Waals surface area (Å²) < 4.78 is 31.8. The number of sulfonamides is 1. The van der Waals surface area contributed by atoms with E-state index in [1.165, 1.54) is 31.4 Å². The quantitative estimate of drug-likeness (QED) is 0.795. The maximum Gasteiger partial charge on any atom is 0.304 e. The van der Waals surface area contributed by atoms with Crippen molar-refractivity contribution in [3.05, 3.63) is 24.3 Å². The molecule has 0 heterocycles. The van der Waals surface area contributed by atoms with Crippen molar-refractivity contribution in [1.29, 1.82) is 0 Å². The van der Waals surface area contributed by atoms with Crippen LogP contribution in [0.4, 0.5) is 0 Å². The minimum atomic E-state index is -3.74. The van der Waals surface area contributed by atoms with E-state index in [4.69, 9.17) is 9.84 Å². The molecule has 0 aliphatic carbocycles. The van der Waals surface area contributed by atoms with Gasteiger partial charge >= 0.3 is 5.97 Å². The summed E-state index contributed by atoms with van der Waals surface area (Å²) in [6.45, 7) is 3.54. The predicted molar refractivity (Wildman–Crippen MR) is 74.2 cm³/mol. The largest absolute Gasteiger partial charge is 0.497 e. The van der Waals surface area contributed by atoms with Crippen LogP contribution in [0.1, 0.15) is 20.3 Å². The van der Waals surface area contributed by atoms with Gasteiger partial charge in [-0.25, -0.2) is 13.1 Å². The molecule has 0 radical (unpaired) electrons. The van der Waals surface area contributed by atoms with Gasteiger partial charge in [0.2, 0.25) is 10.0 Å². The molecule has 0 fully saturated rings. The molecule has 20 heavy (non-hydrogen) atoms. The van der Waals surface area contributed by atoms with Gasteiger partial charge in [-0.3, -0.25) is 4.79 Å². The van der Waals surface area contributed by atoms with Crippen LogP contribution in [0.3, 0.4) is 0 Å². The third-order valence-electron chi connectivity index (χ3n) is 2.88. The van der Waals surface area contributed by atoms with Crippen LogP contribution in [0.5, 0.6) is 5.75 Å². The highest BCUT2D eigenvalue weighted by atomic mass is 32.2. The number of hydrogen-bond donors (Lipinski definition) is 2. The van der Waals surface area contributed by atoms with Crippen LogP contribution in [0.2, 0.25) is 0 Å². The van der Waals surface area contributed by atoms with E-state index in [-0.39, 0.29) is 17.2 Å². The Morgan fingerprint density at radius 1 is 1.30 bits per heavy atom. The van der Waals surface area contributed by atoms with Gasteiger partial charge in [-0.05, 0) is 30.2 Å². The van der Waals surface area contributed by atoms with Crippen LogP contribution < -0.4 is 9.46 Å². The molecule has 0 unspecified atom stereocenters. The fourth-order valence-electron chi connectivity index (χ4n) is 1.62. The summed E-state index contributed by atoms with van der Waals surface area (Å²) >= 11 is 0. The first kappa shape index (κ1) is 16.5. The van der Waals surface area contributed by atoms with Gasteiger partial charge in [0, 0.05) is 6.04 Å². The van der Waals surface area contributed by atoms with Gasteiger partial charge in [0.05, 0.1) is 18.4 Å². The molecule has 1 rings (SSSR count). The van der Waals surface area contributed by atoms with Gasteiger partial charge in [0.25, 0.3) is 0 Å². The minimum Gasteiger partial charge on any atom is -0.497 e. The molecule has 0 aromatic heterocycles. The summed E-state index contributed by atoms with van der Waals surface area (Å²) in [7, 11) is -2.25. The third-order valence-corrected chi connectivity index (χ3v) is 4.38. The topological polar surface area (TPSA) is 92.7 Å². The zero-order chi connectivity index (χ0) is 15.3. The van der Waals surface area contributed by atoms with Crippen LogP contribution in [0.15, 0.2) is 29.2 Å². The molecular formula is C13H19NO5S. The number of carboxylic acids is 1. The average molecular weight is 301 g/mol. The Hall–Kier alpha value is -1.60. The fourth-order valence-corrected chi connectivity index (χ4v) is 3.01. The van der Waals surface area contributed by atoms with Crippen LogP contribution in [0.25, 0.3) is 0 Å². The van der Waals surface area contributed by atoms with E-state index in [1.54, 1.807) is 13.8 Å². The standard InChI is InChI=1S/C13H19NO5S/c1-9(2)12(8-13(15)16)14-20(17,18)11-6-4-10(19-3)5-7-11/h4-7,9,12,14H,8H2,1-3H3,(H,15,16)/t12-/m1/s1. The number of rotatable bonds is 7. The molecule has 112 valence electrons. The maximum absolute atomic E-state index is 12.2. The van der Waals surface area contributed by atoms with E-state index in [1.807, 2.05) is 0 Å². The van der Waals surface area contributed by atoms with Gasteiger partial charge in [-0.15, -0.1) is 0 Å². The van der Waals surface area contributed by atoms with E-state index in [2.05, 4.69) is 4.72 Å². The van der Waals surface area contributed by atoms with Gasteiger partial charge in [-0.1, -0.05) is 13.8 Å². The Morgan fingerprint density at radius 2 is 1.85 bits per heavy atom. The minimum absolute atomic E-state index is 0.0781. The van der Waals surface area contributed by atoms with Crippen LogP contribution in [-0.4, -0.2) is 32.6 Å². The normalized spacial score (nSPS) is 13.2. The number of hydrogen-bond acceptors (Lipinski definition) is 4. The number of carboxylic acid groups (broad SMARTS) is 1. The molecule has 2 N–H and O–H groups in total. The van der Waals surface area contributed by atoms with Gasteiger partial charge < -0.3 is 9.84 Å². The van der Waals surface area contributed by atoms with Gasteiger partial charge in [-0.2, -0.15) is 0 Å². The van der Waals surface area contributed by atoms with E-state index in [9.17, 15) is 13.2 Å². The second-order valence-corrected chi connectivity index (χ2v) is 6.46. The molecule has 0 saturated carbocycles. The van der Waals surface area contributed by atoms with Crippen molar-refractivity contribution >= 4 is 16.0 Å². The lowest BCUT2D eigenvalue weighted by molar-refractivity contribution is -0.137. The molecule has 7 heteroatoms. The van der Waals surface area contributed by atoms with Crippen LogP contribution >= 0.6 is 0 Å². The first-order valence-corrected chi connectivity index (χ1v) is 7.62. The summed E-state index contributed by atoms with van der Waals surface area (Å²) in [6.07, 6.45) is -0.257. The molecule has 0 aliphatic rings. The van der Waals surface area contributed by atoms with Crippen molar-refractivity contribution in [2.24, 2.45) is 5.92 Å². The number of benzene rings is 1. The van der Waals surface area contributed by atoms with E-state index >= 15 is 0 Å². The highest BCUT2D eigenvalue weighted by molar-refractivity contribution is 7.89. The maximum atomic E-state index is 12.2. The van der Waals surface area contributed by atoms with Crippen molar-refractivity contribution in [2.75, 3.05) is 7.11 Å². The van der Waals surface area contributed by atoms with Crippen molar-refractivity contribution < 1.29 is 23.1 Å². The summed E-state index contributed by atoms with van der Waals surface area (Å²) in [4.78, 5) is 10.8. The lowest BCUT2D eigenvalue weighted by atomic mass is 10.0. The van der Waals surface area contributed by atoms with E-state index < -0.39 is 22.0 Å². The molecule has 1 aromatic carbocycles. The molecule has 6 nitrogen and oxygen atoms in total. The SMILES string of the molecule is COc1ccc(S(=O)(=O)N[C@H](CC(=O)O)C(C)C)cc1. The molecular weight excluding hydrogens is 282 g/mol. The monoisotopic (exact) mass is 301 g/mol. The van der Waals surface area contributed by atoms with E-state index in [0.717, 1.165) is 0 Å². The van der Waals surface area contributed by atoms with Crippen molar-refractivity contribution in [1.82, 2.24) is 4.72 Å². The number of methoxy groups -OCH3 is 1. The summed E-state index contributed by atoms with van der Waals surface area (Å²) in [5.41, 5.74) is 0. The van der Waals surface area contributed by atoms with Crippen molar-refractivity contribution in [3.8, 4) is 5.75 Å². The molecule has 0 spiro atoms. The number of ether oxygens (including phenoxy) is 1. The van der Waals surface area contributed by atoms with Gasteiger partial charge in [0.15, 0.2) is 0 Å². The second kappa shape index (κ2) is 6.71. The second-order valence-electron chi connectivity index (χ2n) is 4.75. The smallest absolute Gasteiger partial charge is 0.304 e.